The second-order valence-electron chi connectivity index (χ2n) is 5.55. The summed E-state index contributed by atoms with van der Waals surface area (Å²) in [6, 6.07) is 3.93. The van der Waals surface area contributed by atoms with Gasteiger partial charge in [-0.2, -0.15) is 12.8 Å². The Morgan fingerprint density at radius 1 is 0.939 bits per heavy atom. The number of halogens is 7. The molecule has 0 N–H and O–H groups in total. The molecule has 0 saturated carbocycles. The molecule has 2 aromatic heterocycles. The van der Waals surface area contributed by atoms with Crippen molar-refractivity contribution in [2.24, 2.45) is 0 Å². The summed E-state index contributed by atoms with van der Waals surface area (Å²) in [5.41, 5.74) is 1.23. The molecule has 2 rings (SSSR count). The molecule has 0 saturated heterocycles. The van der Waals surface area contributed by atoms with Gasteiger partial charge in [-0.25, -0.2) is 0 Å². The third-order valence-corrected chi connectivity index (χ3v) is 3.04. The molecule has 0 atom stereocenters. The number of hydrogen-bond acceptors (Lipinski definition) is 4. The van der Waals surface area contributed by atoms with Crippen LogP contribution in [0, 0.1) is 13.8 Å². The molecule has 33 heavy (non-hydrogen) atoms. The zero-order valence-electron chi connectivity index (χ0n) is 19.3. The molecule has 4 nitrogen and oxygen atoms in total. The van der Waals surface area contributed by atoms with Crippen LogP contribution in [0.1, 0.15) is 32.3 Å². The van der Waals surface area contributed by atoms with Gasteiger partial charge < -0.3 is 23.5 Å². The van der Waals surface area contributed by atoms with Crippen molar-refractivity contribution in [2.45, 2.75) is 33.2 Å². The van der Waals surface area contributed by atoms with E-state index in [0.29, 0.717) is 9.47 Å². The predicted molar refractivity (Wildman–Crippen MR) is 189 cm³/mol. The zero-order chi connectivity index (χ0) is 26.7. The molecule has 0 aliphatic heterocycles. The SMILES string of the molecule is CN(C)Cc1cncc(Br)c1.COc1cncc(Br)c1.[CH2-]CC.[CH2-]CC.[I][V]([I])[I].[I][V][I]. The van der Waals surface area contributed by atoms with Crippen LogP contribution in [0.2, 0.25) is 0 Å². The van der Waals surface area contributed by atoms with Gasteiger partial charge in [0.25, 0.3) is 0 Å². The van der Waals surface area contributed by atoms with Gasteiger partial charge in [0.05, 0.1) is 13.3 Å². The fourth-order valence-corrected chi connectivity index (χ4v) is 2.17. The second kappa shape index (κ2) is 35.8. The van der Waals surface area contributed by atoms with Crippen LogP contribution in [-0.2, 0) is 20.9 Å². The Balaban J connectivity index is -0.000000171. The molecule has 0 bridgehead atoms. The van der Waals surface area contributed by atoms with Crippen molar-refractivity contribution < 1.29 is 19.1 Å². The molecule has 2 aromatic rings. The van der Waals surface area contributed by atoms with Crippen molar-refractivity contribution in [1.29, 1.82) is 0 Å². The summed E-state index contributed by atoms with van der Waals surface area (Å²) in [6.07, 6.45) is 9.04. The first-order chi connectivity index (χ1) is 15.5. The molecule has 0 aromatic carbocycles. The van der Waals surface area contributed by atoms with Gasteiger partial charge in [0.15, 0.2) is 0 Å². The predicted octanol–water partition coefficient (Wildman–Crippen LogP) is 10.6. The molecule has 13 heteroatoms. The average Bonchev–Trinajstić information content (AvgIpc) is 2.69. The Morgan fingerprint density at radius 2 is 1.30 bits per heavy atom. The van der Waals surface area contributed by atoms with E-state index in [2.05, 4.69) is 167 Å². The first-order valence-corrected chi connectivity index (χ1v) is 33.3. The van der Waals surface area contributed by atoms with E-state index >= 15 is 0 Å². The summed E-state index contributed by atoms with van der Waals surface area (Å²) in [5, 5.41) is 0. The molecule has 0 aliphatic rings. The number of pyridine rings is 2. The van der Waals surface area contributed by atoms with E-state index in [0.717, 1.165) is 34.1 Å². The summed E-state index contributed by atoms with van der Waals surface area (Å²) in [6.45, 7) is 11.9. The average molecular weight is 1230 g/mol. The van der Waals surface area contributed by atoms with Crippen molar-refractivity contribution in [1.82, 2.24) is 14.9 Å². The third-order valence-electron chi connectivity index (χ3n) is 2.18. The van der Waals surface area contributed by atoms with E-state index in [9.17, 15) is 0 Å². The number of methoxy groups -OCH3 is 1. The van der Waals surface area contributed by atoms with E-state index in [4.69, 9.17) is 4.74 Å². The summed E-state index contributed by atoms with van der Waals surface area (Å²) in [7, 11) is 6.33. The maximum absolute atomic E-state index is 4.90. The van der Waals surface area contributed by atoms with Crippen LogP contribution in [0.5, 0.6) is 5.75 Å². The minimum atomic E-state index is -0.278. The molecule has 0 aliphatic carbocycles. The molecule has 193 valence electrons. The first-order valence-electron chi connectivity index (χ1n) is 9.16. The van der Waals surface area contributed by atoms with Crippen LogP contribution in [0.15, 0.2) is 45.9 Å². The molecule has 0 radical (unpaired) electrons. The first kappa shape index (κ1) is 43.9. The van der Waals surface area contributed by atoms with Crippen LogP contribution >= 0.6 is 132 Å². The Kier molecular flexibility index (Phi) is 47.7. The molecular weight excluding hydrogens is 1190 g/mol. The summed E-state index contributed by atoms with van der Waals surface area (Å²) in [4.78, 5) is 9.78. The monoisotopic (exact) mass is 1220 g/mol. The van der Waals surface area contributed by atoms with E-state index in [1.807, 2.05) is 40.2 Å². The van der Waals surface area contributed by atoms with Gasteiger partial charge in [0, 0.05) is 34.1 Å². The van der Waals surface area contributed by atoms with E-state index < -0.39 is 0 Å². The number of aromatic nitrogens is 2. The van der Waals surface area contributed by atoms with Gasteiger partial charge in [-0.15, -0.1) is 0 Å². The maximum atomic E-state index is 4.90. The van der Waals surface area contributed by atoms with Gasteiger partial charge in [0.2, 0.25) is 0 Å². The summed E-state index contributed by atoms with van der Waals surface area (Å²) >= 11 is 18.8. The minimum absolute atomic E-state index is 0.278. The van der Waals surface area contributed by atoms with Gasteiger partial charge in [-0.05, 0) is 63.7 Å². The molecule has 2 heterocycles. The van der Waals surface area contributed by atoms with Crippen LogP contribution in [0.25, 0.3) is 0 Å². The topological polar surface area (TPSA) is 38.2 Å². The Morgan fingerprint density at radius 3 is 1.58 bits per heavy atom. The number of nitrogens with zero attached hydrogens (tertiary/aromatic N) is 3. The normalized spacial score (nSPS) is 8.61. The van der Waals surface area contributed by atoms with Gasteiger partial charge in [-0.3, -0.25) is 9.97 Å². The standard InChI is InChI=1S/C8H11BrN2.C6H6BrNO.2C3H7.5HI.2V/c1-11(2)6-7-3-8(9)5-10-4-7;1-9-6-2-5(7)3-8-4-6;2*1-3-2;;;;;;;/h3-5H,6H2,1-2H3;2-4H,1H3;2*1,3H2,2H3;5*1H;;/q;;2*-1;;;;;;+2;+3/p-5. The van der Waals surface area contributed by atoms with Crippen molar-refractivity contribution >= 4 is 132 Å². The fraction of sp³-hybridized carbons (Fsp3) is 0.400. The van der Waals surface area contributed by atoms with E-state index in [1.54, 1.807) is 25.7 Å². The molecule has 0 spiro atoms. The van der Waals surface area contributed by atoms with Crippen molar-refractivity contribution in [2.75, 3.05) is 21.2 Å². The molecule has 0 unspecified atom stereocenters. The summed E-state index contributed by atoms with van der Waals surface area (Å²) in [5.74, 6) is 0.768. The summed E-state index contributed by atoms with van der Waals surface area (Å²) < 4.78 is 6.87. The quantitative estimate of drug-likeness (QED) is 0.227. The molecular formula is C20H31Br2I5N3OV2-2. The molecule has 0 amide bonds. The van der Waals surface area contributed by atoms with Crippen molar-refractivity contribution in [3.8, 4) is 5.75 Å². The van der Waals surface area contributed by atoms with E-state index in [1.165, 1.54) is 5.56 Å². The zero-order valence-corrected chi connectivity index (χ0v) is 36.0. The van der Waals surface area contributed by atoms with Crippen LogP contribution in [0.4, 0.5) is 0 Å². The van der Waals surface area contributed by atoms with Gasteiger partial charge in [0.1, 0.15) is 5.75 Å². The van der Waals surface area contributed by atoms with E-state index in [-0.39, 0.29) is 4.92 Å². The second-order valence-corrected chi connectivity index (χ2v) is 54.5. The number of rotatable bonds is 3. The Hall–Kier alpha value is 3.84. The number of hydrogen-bond donors (Lipinski definition) is 0. The van der Waals surface area contributed by atoms with Crippen LogP contribution < -0.4 is 4.74 Å². The molecule has 0 fully saturated rings. The fourth-order valence-electron chi connectivity index (χ4n) is 1.41. The van der Waals surface area contributed by atoms with Gasteiger partial charge in [-0.1, -0.05) is 13.8 Å². The van der Waals surface area contributed by atoms with Gasteiger partial charge >= 0.3 is 114 Å². The Bertz CT molecular complexity index is 645. The number of ether oxygens (including phenoxy) is 1. The van der Waals surface area contributed by atoms with Crippen LogP contribution in [-0.4, -0.2) is 36.1 Å². The van der Waals surface area contributed by atoms with Crippen molar-refractivity contribution in [3.05, 3.63) is 65.3 Å². The third kappa shape index (κ3) is 46.1. The van der Waals surface area contributed by atoms with Crippen molar-refractivity contribution in [3.63, 3.8) is 0 Å². The van der Waals surface area contributed by atoms with Crippen LogP contribution in [0.3, 0.4) is 0 Å². The Labute approximate surface area is 285 Å².